The molecule has 3 fully saturated rings. The minimum Gasteiger partial charge on any atom is -0.495 e. The van der Waals surface area contributed by atoms with E-state index in [0.717, 1.165) is 56.6 Å². The lowest BCUT2D eigenvalue weighted by molar-refractivity contribution is -0.140. The number of imidazole rings is 1. The number of hydrogen-bond acceptors (Lipinski definition) is 8. The third-order valence-corrected chi connectivity index (χ3v) is 10.7. The molecule has 6 rings (SSSR count). The summed E-state index contributed by atoms with van der Waals surface area (Å²) < 4.78 is 76.4. The molecule has 10 nitrogen and oxygen atoms in total. The van der Waals surface area contributed by atoms with Gasteiger partial charge >= 0.3 is 6.18 Å². The number of methoxy groups -OCH3 is 1. The molecule has 14 heteroatoms. The number of anilines is 2. The fourth-order valence-corrected chi connectivity index (χ4v) is 7.70. The number of alkyl halides is 3. The summed E-state index contributed by atoms with van der Waals surface area (Å²) in [6.07, 6.45) is 3.25. The highest BCUT2D eigenvalue weighted by atomic mass is 32.2. The third-order valence-electron chi connectivity index (χ3n) is 9.80. The second kappa shape index (κ2) is 13.5. The van der Waals surface area contributed by atoms with E-state index >= 15 is 0 Å². The van der Waals surface area contributed by atoms with Gasteiger partial charge in [-0.2, -0.15) is 13.2 Å². The Kier molecular flexibility index (Phi) is 9.62. The predicted molar refractivity (Wildman–Crippen MR) is 174 cm³/mol. The van der Waals surface area contributed by atoms with E-state index in [4.69, 9.17) is 14.6 Å². The monoisotopic (exact) mass is 674 g/mol. The van der Waals surface area contributed by atoms with Crippen LogP contribution in [0.2, 0.25) is 0 Å². The number of primary sulfonamides is 1. The number of hydrogen-bond donors (Lipinski definition) is 3. The van der Waals surface area contributed by atoms with Crippen molar-refractivity contribution in [2.45, 2.75) is 74.6 Å². The second-order valence-electron chi connectivity index (χ2n) is 12.9. The Balaban J connectivity index is 1.13. The van der Waals surface area contributed by atoms with E-state index < -0.39 is 22.7 Å². The quantitative estimate of drug-likeness (QED) is 0.287. The molecule has 254 valence electrons. The van der Waals surface area contributed by atoms with Crippen LogP contribution in [-0.4, -0.2) is 81.1 Å². The standard InChI is InChI=1S/C33H41F3N6O4S/c1-45-29-20-25(47(37,43)44)11-12-26(29)38-16-3-6-30-40-31-27(4-2-5-28(31)42(30)21-33(34,35)36)39-23-7-9-24(10-8-23)41-17-13-32(14-18-41)15-19-46-22-32/h2,4-5,11-12,20,23-24,38-39H,7-10,13-19,21-22H2,1H3,(H2,37,43,44). The number of nitrogens with one attached hydrogen (secondary N) is 2. The molecule has 1 spiro atoms. The van der Waals surface area contributed by atoms with Crippen LogP contribution >= 0.6 is 0 Å². The Bertz CT molecular complexity index is 1740. The molecular formula is C33H41F3N6O4S. The van der Waals surface area contributed by atoms with Gasteiger partial charge < -0.3 is 29.6 Å². The number of fused-ring (bicyclic) bond motifs is 1. The molecule has 0 unspecified atom stereocenters. The van der Waals surface area contributed by atoms with Crippen LogP contribution in [0, 0.1) is 17.3 Å². The molecule has 47 heavy (non-hydrogen) atoms. The van der Waals surface area contributed by atoms with Crippen LogP contribution in [0.15, 0.2) is 41.3 Å². The normalized spacial score (nSPS) is 21.8. The maximum Gasteiger partial charge on any atom is 0.406 e. The zero-order valence-electron chi connectivity index (χ0n) is 26.4. The minimum atomic E-state index is -4.47. The summed E-state index contributed by atoms with van der Waals surface area (Å²) in [7, 11) is -2.54. The van der Waals surface area contributed by atoms with Gasteiger partial charge in [0.2, 0.25) is 10.0 Å². The number of piperidine rings is 1. The lowest BCUT2D eigenvalue weighted by Gasteiger charge is -2.44. The number of nitrogens with zero attached hydrogens (tertiary/aromatic N) is 3. The average molecular weight is 675 g/mol. The van der Waals surface area contributed by atoms with Gasteiger partial charge in [0, 0.05) is 24.8 Å². The molecule has 0 atom stereocenters. The molecule has 1 aromatic heterocycles. The highest BCUT2D eigenvalue weighted by molar-refractivity contribution is 7.89. The molecule has 0 radical (unpaired) electrons. The van der Waals surface area contributed by atoms with Crippen molar-refractivity contribution >= 4 is 32.4 Å². The molecule has 2 aliphatic heterocycles. The van der Waals surface area contributed by atoms with Gasteiger partial charge in [-0.1, -0.05) is 12.0 Å². The highest BCUT2D eigenvalue weighted by Crippen LogP contribution is 2.41. The van der Waals surface area contributed by atoms with Crippen molar-refractivity contribution in [2.24, 2.45) is 10.6 Å². The first-order chi connectivity index (χ1) is 22.4. The molecule has 0 amide bonds. The molecule has 1 aliphatic carbocycles. The summed E-state index contributed by atoms with van der Waals surface area (Å²) in [5.74, 6) is 5.88. The van der Waals surface area contributed by atoms with Crippen molar-refractivity contribution in [3.8, 4) is 17.6 Å². The predicted octanol–water partition coefficient (Wildman–Crippen LogP) is 4.94. The summed E-state index contributed by atoms with van der Waals surface area (Å²) >= 11 is 0. The highest BCUT2D eigenvalue weighted by Gasteiger charge is 2.40. The van der Waals surface area contributed by atoms with Gasteiger partial charge in [0.1, 0.15) is 17.8 Å². The van der Waals surface area contributed by atoms with E-state index in [1.54, 1.807) is 12.1 Å². The maximum absolute atomic E-state index is 13.7. The van der Waals surface area contributed by atoms with Crippen molar-refractivity contribution in [1.82, 2.24) is 14.5 Å². The zero-order valence-corrected chi connectivity index (χ0v) is 27.2. The first-order valence-electron chi connectivity index (χ1n) is 16.0. The van der Waals surface area contributed by atoms with Crippen molar-refractivity contribution in [3.63, 3.8) is 0 Å². The molecule has 4 N–H and O–H groups in total. The van der Waals surface area contributed by atoms with Crippen LogP contribution in [-0.2, 0) is 21.3 Å². The van der Waals surface area contributed by atoms with Crippen LogP contribution in [0.5, 0.6) is 5.75 Å². The zero-order chi connectivity index (χ0) is 33.2. The average Bonchev–Trinajstić information content (AvgIpc) is 3.63. The Hall–Kier alpha value is -3.51. The lowest BCUT2D eigenvalue weighted by Crippen LogP contribution is -2.47. The molecule has 2 aromatic carbocycles. The Labute approximate surface area is 273 Å². The van der Waals surface area contributed by atoms with E-state index in [9.17, 15) is 21.6 Å². The van der Waals surface area contributed by atoms with Crippen molar-refractivity contribution in [3.05, 3.63) is 42.2 Å². The number of nitrogens with two attached hydrogens (primary N) is 1. The number of ether oxygens (including phenoxy) is 2. The van der Waals surface area contributed by atoms with Crippen molar-refractivity contribution < 1.29 is 31.1 Å². The molecule has 3 aromatic rings. The van der Waals surface area contributed by atoms with Gasteiger partial charge in [-0.3, -0.25) is 0 Å². The molecule has 1 saturated carbocycles. The van der Waals surface area contributed by atoms with Gasteiger partial charge in [-0.05, 0) is 93.6 Å². The minimum absolute atomic E-state index is 0.00385. The van der Waals surface area contributed by atoms with Gasteiger partial charge in [-0.25, -0.2) is 18.5 Å². The summed E-state index contributed by atoms with van der Waals surface area (Å²) in [4.78, 5) is 7.11. The molecule has 2 saturated heterocycles. The molecular weight excluding hydrogens is 633 g/mol. The van der Waals surface area contributed by atoms with Crippen LogP contribution in [0.1, 0.15) is 50.8 Å². The second-order valence-corrected chi connectivity index (χ2v) is 14.4. The first kappa shape index (κ1) is 33.4. The van der Waals surface area contributed by atoms with E-state index in [1.807, 2.05) is 6.07 Å². The third kappa shape index (κ3) is 7.80. The van der Waals surface area contributed by atoms with Crippen molar-refractivity contribution in [1.29, 1.82) is 0 Å². The Morgan fingerprint density at radius 2 is 1.87 bits per heavy atom. The summed E-state index contributed by atoms with van der Waals surface area (Å²) in [5, 5.41) is 11.8. The summed E-state index contributed by atoms with van der Waals surface area (Å²) in [6, 6.07) is 10.1. The number of para-hydroxylation sites is 1. The van der Waals surface area contributed by atoms with Gasteiger partial charge in [0.15, 0.2) is 5.82 Å². The van der Waals surface area contributed by atoms with Crippen molar-refractivity contribution in [2.75, 3.05) is 50.6 Å². The van der Waals surface area contributed by atoms with Crippen LogP contribution in [0.3, 0.4) is 0 Å². The maximum atomic E-state index is 13.7. The van der Waals surface area contributed by atoms with E-state index in [-0.39, 0.29) is 29.1 Å². The number of likely N-dealkylation sites (tertiary alicyclic amines) is 1. The smallest absolute Gasteiger partial charge is 0.406 e. The Morgan fingerprint density at radius 3 is 2.53 bits per heavy atom. The van der Waals surface area contributed by atoms with Crippen LogP contribution < -0.4 is 20.5 Å². The SMILES string of the molecule is COc1cc(S(N)(=O)=O)ccc1NCC#Cc1nc2c(NC3CCC(N4CCC5(CCOC5)CC4)CC3)cccc2n1CC(F)(F)F. The summed E-state index contributed by atoms with van der Waals surface area (Å²) in [6.45, 7) is 2.86. The molecule has 0 bridgehead atoms. The van der Waals surface area contributed by atoms with Gasteiger partial charge in [0.25, 0.3) is 0 Å². The van der Waals surface area contributed by atoms with Gasteiger partial charge in [0.05, 0.1) is 42.0 Å². The van der Waals surface area contributed by atoms with Crippen LogP contribution in [0.4, 0.5) is 24.5 Å². The Morgan fingerprint density at radius 1 is 1.11 bits per heavy atom. The van der Waals surface area contributed by atoms with Gasteiger partial charge in [-0.15, -0.1) is 0 Å². The largest absolute Gasteiger partial charge is 0.495 e. The number of sulfonamides is 1. The van der Waals surface area contributed by atoms with E-state index in [2.05, 4.69) is 32.4 Å². The van der Waals surface area contributed by atoms with E-state index in [1.165, 1.54) is 44.6 Å². The molecule has 3 heterocycles. The first-order valence-corrected chi connectivity index (χ1v) is 17.6. The lowest BCUT2D eigenvalue weighted by atomic mass is 9.77. The topological polar surface area (TPSA) is 124 Å². The number of aromatic nitrogens is 2. The number of rotatable bonds is 8. The fraction of sp³-hybridized carbons (Fsp3) is 0.545. The van der Waals surface area contributed by atoms with E-state index in [0.29, 0.717) is 33.9 Å². The number of benzene rings is 2. The summed E-state index contributed by atoms with van der Waals surface area (Å²) in [5.41, 5.74) is 2.36. The molecule has 3 aliphatic rings. The fourth-order valence-electron chi connectivity index (χ4n) is 7.17. The van der Waals surface area contributed by atoms with Crippen LogP contribution in [0.25, 0.3) is 11.0 Å². The number of halogens is 3.